The average Bonchev–Trinajstić information content (AvgIpc) is 3.77. The minimum atomic E-state index is -4.31. The van der Waals surface area contributed by atoms with Gasteiger partial charge in [-0.2, -0.15) is 0 Å². The monoisotopic (exact) mass is 852 g/mol. The topological polar surface area (TPSA) is 150 Å². The van der Waals surface area contributed by atoms with Crippen molar-refractivity contribution in [1.82, 2.24) is 19.9 Å². The predicted octanol–water partition coefficient (Wildman–Crippen LogP) is 10.4. The van der Waals surface area contributed by atoms with Gasteiger partial charge in [-0.3, -0.25) is 9.44 Å². The summed E-state index contributed by atoms with van der Waals surface area (Å²) in [5.41, 5.74) is 1.14. The van der Waals surface area contributed by atoms with Crippen molar-refractivity contribution in [2.75, 3.05) is 9.44 Å². The Labute approximate surface area is 331 Å². The Hall–Kier alpha value is -5.58. The predicted molar refractivity (Wildman–Crippen MR) is 211 cm³/mol. The molecule has 0 fully saturated rings. The fourth-order valence-corrected chi connectivity index (χ4v) is 9.14. The Morgan fingerprint density at radius 3 is 1.62 bits per heavy atom. The molecule has 6 aromatic carbocycles. The van der Waals surface area contributed by atoms with E-state index in [1.54, 1.807) is 24.3 Å². The van der Waals surface area contributed by atoms with Crippen LogP contribution in [0.2, 0.25) is 15.1 Å². The molecule has 4 N–H and O–H groups in total. The minimum Gasteiger partial charge on any atom is -0.338 e. The maximum Gasteiger partial charge on any atom is 0.262 e. The van der Waals surface area contributed by atoms with Gasteiger partial charge >= 0.3 is 0 Å². The molecule has 0 aliphatic carbocycles. The Balaban J connectivity index is 1.10. The number of sulfonamides is 2. The van der Waals surface area contributed by atoms with Crippen LogP contribution in [0.3, 0.4) is 0 Å². The second kappa shape index (κ2) is 14.2. The molecule has 10 nitrogen and oxygen atoms in total. The lowest BCUT2D eigenvalue weighted by molar-refractivity contribution is 0.588. The van der Waals surface area contributed by atoms with Crippen molar-refractivity contribution < 1.29 is 30.0 Å². The molecular weight excluding hydrogens is 832 g/mol. The van der Waals surface area contributed by atoms with E-state index < -0.39 is 37.5 Å². The van der Waals surface area contributed by atoms with Gasteiger partial charge in [0.05, 0.1) is 69.4 Å². The molecule has 0 spiro atoms. The lowest BCUT2D eigenvalue weighted by Crippen LogP contribution is -2.13. The lowest BCUT2D eigenvalue weighted by Gasteiger charge is -2.15. The van der Waals surface area contributed by atoms with Crippen LogP contribution in [0.1, 0.15) is 0 Å². The first kappa shape index (κ1) is 37.3. The van der Waals surface area contributed by atoms with Gasteiger partial charge in [-0.05, 0) is 78.9 Å². The number of rotatable bonds is 9. The maximum atomic E-state index is 15.5. The molecule has 2 heterocycles. The van der Waals surface area contributed by atoms with Gasteiger partial charge in [0.2, 0.25) is 0 Å². The quantitative estimate of drug-likeness (QED) is 0.114. The van der Waals surface area contributed by atoms with Gasteiger partial charge in [0.15, 0.2) is 0 Å². The highest BCUT2D eigenvalue weighted by atomic mass is 35.5. The highest BCUT2D eigenvalue weighted by Gasteiger charge is 2.24. The molecule has 56 heavy (non-hydrogen) atoms. The Kier molecular flexibility index (Phi) is 9.45. The first-order valence-electron chi connectivity index (χ1n) is 16.2. The van der Waals surface area contributed by atoms with Crippen molar-refractivity contribution in [3.8, 4) is 33.9 Å². The third kappa shape index (κ3) is 6.81. The molecule has 8 aromatic rings. The van der Waals surface area contributed by atoms with Crippen LogP contribution in [0.15, 0.2) is 119 Å². The van der Waals surface area contributed by atoms with Crippen molar-refractivity contribution in [2.24, 2.45) is 0 Å². The summed E-state index contributed by atoms with van der Waals surface area (Å²) in [6.45, 7) is 0. The summed E-state index contributed by atoms with van der Waals surface area (Å²) in [6, 6.07) is 24.8. The highest BCUT2D eigenvalue weighted by molar-refractivity contribution is 7.93. The number of fused-ring (bicyclic) bond motifs is 2. The zero-order valence-electron chi connectivity index (χ0n) is 28.0. The van der Waals surface area contributed by atoms with Gasteiger partial charge < -0.3 is 9.97 Å². The standard InChI is InChI=1S/C38H22Cl3F3N6O4S2/c39-23-6-1-2-9-27(23)49-55(51,52)19-11-16-29-32(17-19)48-38(46-29)34-26(44)14-13-22(36(34)41)21-5-3-10-30(35(21)40)50-56(53,54)20-12-15-28-31(18-20)47-37(45-28)33-24(42)7-4-8-25(33)43/h1-18,49-50H,(H,45,47)(H,46,48). The van der Waals surface area contributed by atoms with E-state index >= 15 is 4.39 Å². The number of anilines is 2. The molecule has 0 bridgehead atoms. The number of aromatic amines is 2. The van der Waals surface area contributed by atoms with E-state index in [-0.39, 0.29) is 86.7 Å². The SMILES string of the molecule is O=S(=O)(Nc1ccccc1Cl)c1ccc2nc(-c3c(F)ccc(-c4cccc(NS(=O)(=O)c5ccc6nc(-c7c(F)cccc7F)[nH]c6c5)c4Cl)c3Cl)[nH]c2c1. The van der Waals surface area contributed by atoms with Crippen LogP contribution < -0.4 is 9.44 Å². The Bertz CT molecular complexity index is 3100. The van der Waals surface area contributed by atoms with E-state index in [1.165, 1.54) is 66.7 Å². The van der Waals surface area contributed by atoms with E-state index in [2.05, 4.69) is 29.4 Å². The number of aromatic nitrogens is 4. The molecule has 18 heteroatoms. The summed E-state index contributed by atoms with van der Waals surface area (Å²) < 4.78 is 103. The van der Waals surface area contributed by atoms with Crippen LogP contribution in [0, 0.1) is 17.5 Å². The van der Waals surface area contributed by atoms with Crippen molar-refractivity contribution >= 4 is 88.3 Å². The number of benzene rings is 6. The van der Waals surface area contributed by atoms with Crippen molar-refractivity contribution in [3.05, 3.63) is 142 Å². The molecule has 0 saturated heterocycles. The van der Waals surface area contributed by atoms with E-state index in [4.69, 9.17) is 34.8 Å². The summed E-state index contributed by atoms with van der Waals surface area (Å²) in [5, 5.41) is 0.0188. The normalized spacial score (nSPS) is 12.0. The number of halogens is 6. The third-order valence-electron chi connectivity index (χ3n) is 8.71. The highest BCUT2D eigenvalue weighted by Crippen LogP contribution is 2.43. The number of hydrogen-bond acceptors (Lipinski definition) is 6. The molecule has 282 valence electrons. The zero-order chi connectivity index (χ0) is 39.5. The Morgan fingerprint density at radius 1 is 0.518 bits per heavy atom. The van der Waals surface area contributed by atoms with Gasteiger partial charge in [0, 0.05) is 11.1 Å². The summed E-state index contributed by atoms with van der Waals surface area (Å²) in [4.78, 5) is 14.0. The number of nitrogens with one attached hydrogen (secondary N) is 4. The number of nitrogens with zero attached hydrogens (tertiary/aromatic N) is 2. The number of imidazole rings is 2. The van der Waals surface area contributed by atoms with Crippen LogP contribution in [-0.2, 0) is 20.0 Å². The molecule has 2 aromatic heterocycles. The van der Waals surface area contributed by atoms with Gasteiger partial charge in [-0.25, -0.2) is 40.0 Å². The third-order valence-corrected chi connectivity index (χ3v) is 12.6. The summed E-state index contributed by atoms with van der Waals surface area (Å²) >= 11 is 19.7. The molecule has 0 aliphatic rings. The molecule has 0 aliphatic heterocycles. The zero-order valence-corrected chi connectivity index (χ0v) is 31.9. The van der Waals surface area contributed by atoms with Gasteiger partial charge in [0.25, 0.3) is 20.0 Å². The fraction of sp³-hybridized carbons (Fsp3) is 0. The van der Waals surface area contributed by atoms with Crippen LogP contribution >= 0.6 is 34.8 Å². The molecule has 8 rings (SSSR count). The van der Waals surface area contributed by atoms with E-state index in [1.807, 2.05) is 0 Å². The molecular formula is C38H22Cl3F3N6O4S2. The van der Waals surface area contributed by atoms with E-state index in [9.17, 15) is 25.6 Å². The first-order chi connectivity index (χ1) is 26.7. The molecule has 0 atom stereocenters. The van der Waals surface area contributed by atoms with Crippen molar-refractivity contribution in [2.45, 2.75) is 9.79 Å². The summed E-state index contributed by atoms with van der Waals surface area (Å²) in [6.07, 6.45) is 0. The number of para-hydroxylation sites is 1. The number of hydrogen-bond donors (Lipinski definition) is 4. The summed E-state index contributed by atoms with van der Waals surface area (Å²) in [5.74, 6) is -2.57. The van der Waals surface area contributed by atoms with Gasteiger partial charge in [-0.1, -0.05) is 65.1 Å². The average molecular weight is 854 g/mol. The van der Waals surface area contributed by atoms with E-state index in [0.29, 0.717) is 5.52 Å². The molecule has 0 amide bonds. The van der Waals surface area contributed by atoms with Crippen molar-refractivity contribution in [1.29, 1.82) is 0 Å². The van der Waals surface area contributed by atoms with Gasteiger partial charge in [-0.15, -0.1) is 0 Å². The fourth-order valence-electron chi connectivity index (χ4n) is 6.02. The minimum absolute atomic E-state index is 0.0129. The maximum absolute atomic E-state index is 15.5. The van der Waals surface area contributed by atoms with Crippen LogP contribution in [0.25, 0.3) is 56.0 Å². The second-order valence-electron chi connectivity index (χ2n) is 12.3. The van der Waals surface area contributed by atoms with Crippen LogP contribution in [0.5, 0.6) is 0 Å². The molecule has 0 unspecified atom stereocenters. The lowest BCUT2D eigenvalue weighted by atomic mass is 10.0. The Morgan fingerprint density at radius 2 is 1.02 bits per heavy atom. The largest absolute Gasteiger partial charge is 0.338 e. The van der Waals surface area contributed by atoms with Crippen molar-refractivity contribution in [3.63, 3.8) is 0 Å². The smallest absolute Gasteiger partial charge is 0.262 e. The van der Waals surface area contributed by atoms with Gasteiger partial charge in [0.1, 0.15) is 29.1 Å². The van der Waals surface area contributed by atoms with Crippen LogP contribution in [-0.4, -0.2) is 36.8 Å². The first-order valence-corrected chi connectivity index (χ1v) is 20.3. The summed E-state index contributed by atoms with van der Waals surface area (Å²) in [7, 11) is -8.39. The second-order valence-corrected chi connectivity index (χ2v) is 16.8. The molecule has 0 radical (unpaired) electrons. The van der Waals surface area contributed by atoms with E-state index in [0.717, 1.165) is 18.2 Å². The number of H-pyrrole nitrogens is 2. The molecule has 0 saturated carbocycles. The van der Waals surface area contributed by atoms with Crippen LogP contribution in [0.4, 0.5) is 24.5 Å².